The van der Waals surface area contributed by atoms with Crippen LogP contribution in [0.3, 0.4) is 0 Å². The maximum Gasteiger partial charge on any atom is 0.261 e. The lowest BCUT2D eigenvalue weighted by atomic mass is 10.1. The smallest absolute Gasteiger partial charge is 0.261 e. The molecule has 0 bridgehead atoms. The first-order valence-electron chi connectivity index (χ1n) is 7.15. The van der Waals surface area contributed by atoms with Gasteiger partial charge in [-0.1, -0.05) is 6.07 Å². The molecule has 0 saturated carbocycles. The molecule has 1 fully saturated rings. The molecule has 1 aliphatic heterocycles. The highest BCUT2D eigenvalue weighted by Crippen LogP contribution is 2.25. The number of anilines is 1. The average molecular weight is 322 g/mol. The summed E-state index contributed by atoms with van der Waals surface area (Å²) in [4.78, 5) is 14.6. The Hall–Kier alpha value is -1.95. The summed E-state index contributed by atoms with van der Waals surface area (Å²) in [7, 11) is 0. The second kappa shape index (κ2) is 6.44. The van der Waals surface area contributed by atoms with Gasteiger partial charge in [0.1, 0.15) is 0 Å². The Kier molecular flexibility index (Phi) is 4.38. The minimum atomic E-state index is -0.831. The zero-order valence-electron chi connectivity index (χ0n) is 11.9. The van der Waals surface area contributed by atoms with Crippen molar-refractivity contribution < 1.29 is 13.6 Å². The summed E-state index contributed by atoms with van der Waals surface area (Å²) in [5.41, 5.74) is 0.686. The van der Waals surface area contributed by atoms with Crippen LogP contribution in [-0.4, -0.2) is 25.5 Å². The Morgan fingerprint density at radius 3 is 2.91 bits per heavy atom. The zero-order chi connectivity index (χ0) is 15.5. The molecule has 3 rings (SSSR count). The third kappa shape index (κ3) is 3.27. The van der Waals surface area contributed by atoms with Crippen molar-refractivity contribution in [3.8, 4) is 0 Å². The fourth-order valence-corrected chi connectivity index (χ4v) is 3.29. The van der Waals surface area contributed by atoms with Crippen LogP contribution >= 0.6 is 11.3 Å². The predicted molar refractivity (Wildman–Crippen MR) is 83.3 cm³/mol. The standard InChI is InChI=1S/C16H16F2N2OS/c17-13-4-3-12(8-14(13)18)20-6-5-11(10-20)9-19-16(21)15-2-1-7-22-15/h1-4,7-8,11H,5-6,9-10H2,(H,19,21)/t11-/m1/s1. The number of halogens is 2. The monoisotopic (exact) mass is 322 g/mol. The van der Waals surface area contributed by atoms with Gasteiger partial charge in [0.15, 0.2) is 11.6 Å². The van der Waals surface area contributed by atoms with Gasteiger partial charge in [-0.05, 0) is 35.9 Å². The van der Waals surface area contributed by atoms with E-state index in [9.17, 15) is 13.6 Å². The number of hydrogen-bond donors (Lipinski definition) is 1. The molecule has 0 spiro atoms. The van der Waals surface area contributed by atoms with Gasteiger partial charge in [-0.3, -0.25) is 4.79 Å². The van der Waals surface area contributed by atoms with Crippen molar-refractivity contribution in [2.75, 3.05) is 24.5 Å². The molecule has 116 valence electrons. The molecule has 6 heteroatoms. The van der Waals surface area contributed by atoms with Crippen molar-refractivity contribution in [3.63, 3.8) is 0 Å². The van der Waals surface area contributed by atoms with Crippen LogP contribution in [0, 0.1) is 17.6 Å². The Morgan fingerprint density at radius 1 is 1.32 bits per heavy atom. The van der Waals surface area contributed by atoms with Crippen LogP contribution in [0.2, 0.25) is 0 Å². The van der Waals surface area contributed by atoms with Crippen LogP contribution in [0.4, 0.5) is 14.5 Å². The Bertz CT molecular complexity index is 660. The van der Waals surface area contributed by atoms with Gasteiger partial charge in [-0.15, -0.1) is 11.3 Å². The van der Waals surface area contributed by atoms with Gasteiger partial charge in [0.25, 0.3) is 5.91 Å². The van der Waals surface area contributed by atoms with E-state index in [1.165, 1.54) is 17.4 Å². The normalized spacial score (nSPS) is 17.7. The average Bonchev–Trinajstić information content (AvgIpc) is 3.19. The molecule has 0 radical (unpaired) electrons. The van der Waals surface area contributed by atoms with E-state index in [1.807, 2.05) is 16.3 Å². The first-order valence-corrected chi connectivity index (χ1v) is 8.03. The minimum absolute atomic E-state index is 0.0544. The van der Waals surface area contributed by atoms with Crippen molar-refractivity contribution >= 4 is 22.9 Å². The van der Waals surface area contributed by atoms with E-state index >= 15 is 0 Å². The molecule has 3 nitrogen and oxygen atoms in total. The molecule has 1 aromatic carbocycles. The SMILES string of the molecule is O=C(NC[C@H]1CCN(c2ccc(F)c(F)c2)C1)c1cccs1. The van der Waals surface area contributed by atoms with Gasteiger partial charge in [0.05, 0.1) is 4.88 Å². The highest BCUT2D eigenvalue weighted by atomic mass is 32.1. The van der Waals surface area contributed by atoms with Crippen molar-refractivity contribution in [3.05, 3.63) is 52.2 Å². The highest BCUT2D eigenvalue weighted by Gasteiger charge is 2.24. The van der Waals surface area contributed by atoms with Crippen LogP contribution < -0.4 is 10.2 Å². The number of nitrogens with one attached hydrogen (secondary N) is 1. The van der Waals surface area contributed by atoms with Gasteiger partial charge in [0.2, 0.25) is 0 Å². The molecular weight excluding hydrogens is 306 g/mol. The van der Waals surface area contributed by atoms with Crippen molar-refractivity contribution in [2.45, 2.75) is 6.42 Å². The van der Waals surface area contributed by atoms with Gasteiger partial charge >= 0.3 is 0 Å². The number of thiophene rings is 1. The van der Waals surface area contributed by atoms with Crippen LogP contribution in [0.1, 0.15) is 16.1 Å². The Morgan fingerprint density at radius 2 is 2.18 bits per heavy atom. The van der Waals surface area contributed by atoms with Crippen molar-refractivity contribution in [1.82, 2.24) is 5.32 Å². The fraction of sp³-hybridized carbons (Fsp3) is 0.312. The van der Waals surface area contributed by atoms with Crippen LogP contribution in [-0.2, 0) is 0 Å². The van der Waals surface area contributed by atoms with Gasteiger partial charge in [-0.2, -0.15) is 0 Å². The van der Waals surface area contributed by atoms with E-state index in [-0.39, 0.29) is 5.91 Å². The molecule has 0 unspecified atom stereocenters. The molecular formula is C16H16F2N2OS. The Balaban J connectivity index is 1.54. The first kappa shape index (κ1) is 15.0. The molecule has 1 aliphatic rings. The van der Waals surface area contributed by atoms with E-state index in [2.05, 4.69) is 5.32 Å². The summed E-state index contributed by atoms with van der Waals surface area (Å²) in [6.07, 6.45) is 0.920. The molecule has 1 amide bonds. The number of nitrogens with zero attached hydrogens (tertiary/aromatic N) is 1. The van der Waals surface area contributed by atoms with Gasteiger partial charge < -0.3 is 10.2 Å². The van der Waals surface area contributed by atoms with Crippen LogP contribution in [0.15, 0.2) is 35.7 Å². The third-order valence-electron chi connectivity index (χ3n) is 3.85. The fourth-order valence-electron chi connectivity index (χ4n) is 2.65. The summed E-state index contributed by atoms with van der Waals surface area (Å²) < 4.78 is 26.2. The second-order valence-corrected chi connectivity index (χ2v) is 6.33. The first-order chi connectivity index (χ1) is 10.6. The molecule has 2 heterocycles. The molecule has 2 aromatic rings. The maximum atomic E-state index is 13.3. The van der Waals surface area contributed by atoms with Crippen molar-refractivity contribution in [1.29, 1.82) is 0 Å². The largest absolute Gasteiger partial charge is 0.371 e. The van der Waals surface area contributed by atoms with Gasteiger partial charge in [0, 0.05) is 31.4 Å². The summed E-state index contributed by atoms with van der Waals surface area (Å²) in [6, 6.07) is 7.60. The minimum Gasteiger partial charge on any atom is -0.371 e. The second-order valence-electron chi connectivity index (χ2n) is 5.39. The predicted octanol–water partition coefficient (Wildman–Crippen LogP) is 3.28. The lowest BCUT2D eigenvalue weighted by molar-refractivity contribution is 0.0952. The zero-order valence-corrected chi connectivity index (χ0v) is 12.7. The van der Waals surface area contributed by atoms with E-state index in [0.29, 0.717) is 23.0 Å². The number of carbonyl (C=O) groups is 1. The van der Waals surface area contributed by atoms with Crippen LogP contribution in [0.25, 0.3) is 0 Å². The topological polar surface area (TPSA) is 32.3 Å². The number of hydrogen-bond acceptors (Lipinski definition) is 3. The van der Waals surface area contributed by atoms with Crippen LogP contribution in [0.5, 0.6) is 0 Å². The quantitative estimate of drug-likeness (QED) is 0.937. The molecule has 1 atom stereocenters. The molecule has 0 aliphatic carbocycles. The van der Waals surface area contributed by atoms with Crippen molar-refractivity contribution in [2.24, 2.45) is 5.92 Å². The summed E-state index contributed by atoms with van der Waals surface area (Å²) in [6.45, 7) is 2.11. The van der Waals surface area contributed by atoms with E-state index in [4.69, 9.17) is 0 Å². The highest BCUT2D eigenvalue weighted by molar-refractivity contribution is 7.12. The number of amides is 1. The number of carbonyl (C=O) groups excluding carboxylic acids is 1. The third-order valence-corrected chi connectivity index (χ3v) is 4.72. The van der Waals surface area contributed by atoms with Gasteiger partial charge in [-0.25, -0.2) is 8.78 Å². The molecule has 22 heavy (non-hydrogen) atoms. The summed E-state index contributed by atoms with van der Waals surface area (Å²) >= 11 is 1.41. The number of benzene rings is 1. The lowest BCUT2D eigenvalue weighted by Gasteiger charge is -2.19. The lowest BCUT2D eigenvalue weighted by Crippen LogP contribution is -2.30. The Labute approximate surface area is 131 Å². The maximum absolute atomic E-state index is 13.3. The van der Waals surface area contributed by atoms with E-state index in [0.717, 1.165) is 25.6 Å². The number of rotatable bonds is 4. The molecule has 1 N–H and O–H groups in total. The van der Waals surface area contributed by atoms with E-state index < -0.39 is 11.6 Å². The summed E-state index contributed by atoms with van der Waals surface area (Å²) in [5.74, 6) is -1.40. The van der Waals surface area contributed by atoms with E-state index in [1.54, 1.807) is 12.1 Å². The summed E-state index contributed by atoms with van der Waals surface area (Å²) in [5, 5.41) is 4.80. The molecule has 1 aromatic heterocycles. The molecule has 1 saturated heterocycles.